The number of para-hydroxylation sites is 1. The van der Waals surface area contributed by atoms with Gasteiger partial charge in [0.05, 0.1) is 0 Å². The van der Waals surface area contributed by atoms with Crippen molar-refractivity contribution in [1.29, 1.82) is 0 Å². The van der Waals surface area contributed by atoms with Crippen LogP contribution in [0.4, 0.5) is 41.9 Å². The van der Waals surface area contributed by atoms with Crippen LogP contribution in [0.25, 0.3) is 0 Å². The molecule has 0 saturated carbocycles. The van der Waals surface area contributed by atoms with Gasteiger partial charge in [0, 0.05) is 40.9 Å². The van der Waals surface area contributed by atoms with E-state index < -0.39 is 24.4 Å². The van der Waals surface area contributed by atoms with E-state index in [1.165, 1.54) is 30.3 Å². The Morgan fingerprint density at radius 3 is 1.15 bits per heavy atom. The third kappa shape index (κ3) is 12.4. The van der Waals surface area contributed by atoms with Crippen LogP contribution in [-0.2, 0) is 12.8 Å². The molecule has 7 aromatic rings. The lowest BCUT2D eigenvalue weighted by atomic mass is 10.0. The van der Waals surface area contributed by atoms with E-state index in [1.54, 1.807) is 91.0 Å². The van der Waals surface area contributed by atoms with Crippen LogP contribution < -0.4 is 40.2 Å². The molecule has 14 heteroatoms. The molecule has 0 saturated heterocycles. The fraction of sp³-hybridized carbons (Fsp3) is 0.0417. The lowest BCUT2D eigenvalue weighted by Gasteiger charge is -2.12. The monoisotopic (exact) mass is 830 g/mol. The number of anilines is 4. The number of nitrogens with one attached hydrogen (secondary N) is 4. The molecule has 0 heterocycles. The molecule has 0 aromatic heterocycles. The first-order valence-electron chi connectivity index (χ1n) is 19.1. The molecule has 0 radical (unpaired) electrons. The summed E-state index contributed by atoms with van der Waals surface area (Å²) in [5.41, 5.74) is 5.80. The first kappa shape index (κ1) is 41.4. The fourth-order valence-corrected chi connectivity index (χ4v) is 6.06. The number of carbonyl (C=O) groups is 4. The Bertz CT molecular complexity index is 2690. The Kier molecular flexibility index (Phi) is 13.2. The predicted octanol–water partition coefficient (Wildman–Crippen LogP) is 10.7. The van der Waals surface area contributed by atoms with Crippen molar-refractivity contribution in [2.24, 2.45) is 0 Å². The average molecular weight is 831 g/mol. The van der Waals surface area contributed by atoms with E-state index in [-0.39, 0.29) is 34.5 Å². The number of carbonyl (C=O) groups excluding carboxylic acids is 4. The standard InChI is InChI=1S/C48H38N4O10/c53-38-7-3-9-40(28-38)59-45(55)49-35-20-14-31(15-21-35)26-32-16-22-36(23-17-32)50-46(56)61-42-11-5-12-43(30-42)62-47(57)51-37-24-18-33(19-25-37)27-34-6-1-2-13-44(34)52-48(58)60-41-10-4-8-39(54)29-41/h1-25,28-30,53-54H,26-27H2,(H,49,55)(H,50,56)(H,51,57)(H,52,58). The van der Waals surface area contributed by atoms with Crippen LogP contribution in [0.1, 0.15) is 22.3 Å². The van der Waals surface area contributed by atoms with Crippen molar-refractivity contribution in [1.82, 2.24) is 0 Å². The van der Waals surface area contributed by atoms with E-state index in [0.29, 0.717) is 35.6 Å². The zero-order chi connectivity index (χ0) is 43.3. The minimum atomic E-state index is -0.752. The van der Waals surface area contributed by atoms with Gasteiger partial charge < -0.3 is 29.2 Å². The maximum atomic E-state index is 12.7. The van der Waals surface area contributed by atoms with Gasteiger partial charge in [0.1, 0.15) is 34.5 Å². The molecule has 0 aliphatic heterocycles. The van der Waals surface area contributed by atoms with Crippen molar-refractivity contribution in [2.75, 3.05) is 21.3 Å². The van der Waals surface area contributed by atoms with Crippen LogP contribution in [-0.4, -0.2) is 34.6 Å². The molecule has 6 N–H and O–H groups in total. The molecular weight excluding hydrogens is 793 g/mol. The van der Waals surface area contributed by atoms with Gasteiger partial charge in [-0.3, -0.25) is 21.3 Å². The summed E-state index contributed by atoms with van der Waals surface area (Å²) in [6.07, 6.45) is -1.80. The third-order valence-corrected chi connectivity index (χ3v) is 8.94. The fourth-order valence-electron chi connectivity index (χ4n) is 6.06. The van der Waals surface area contributed by atoms with Crippen molar-refractivity contribution in [2.45, 2.75) is 12.8 Å². The molecule has 4 amide bonds. The number of amides is 4. The second kappa shape index (κ2) is 19.8. The topological polar surface area (TPSA) is 194 Å². The van der Waals surface area contributed by atoms with Crippen molar-refractivity contribution in [3.05, 3.63) is 192 Å². The number of benzene rings is 7. The van der Waals surface area contributed by atoms with E-state index in [4.69, 9.17) is 18.9 Å². The number of hydrogen-bond donors (Lipinski definition) is 6. The lowest BCUT2D eigenvalue weighted by molar-refractivity contribution is 0.212. The zero-order valence-corrected chi connectivity index (χ0v) is 32.7. The van der Waals surface area contributed by atoms with Gasteiger partial charge in [-0.15, -0.1) is 0 Å². The first-order chi connectivity index (χ1) is 30.1. The Morgan fingerprint density at radius 1 is 0.371 bits per heavy atom. The molecule has 310 valence electrons. The summed E-state index contributed by atoms with van der Waals surface area (Å²) in [4.78, 5) is 50.2. The summed E-state index contributed by atoms with van der Waals surface area (Å²) in [6, 6.07) is 46.9. The summed E-state index contributed by atoms with van der Waals surface area (Å²) in [6.45, 7) is 0. The van der Waals surface area contributed by atoms with Crippen molar-refractivity contribution >= 4 is 47.1 Å². The Hall–Kier alpha value is -8.78. The van der Waals surface area contributed by atoms with Gasteiger partial charge in [-0.2, -0.15) is 0 Å². The normalized spacial score (nSPS) is 10.5. The van der Waals surface area contributed by atoms with Crippen molar-refractivity contribution in [3.63, 3.8) is 0 Å². The molecule has 0 atom stereocenters. The third-order valence-electron chi connectivity index (χ3n) is 8.94. The Labute approximate surface area is 355 Å². The van der Waals surface area contributed by atoms with Crippen LogP contribution >= 0.6 is 0 Å². The van der Waals surface area contributed by atoms with Gasteiger partial charge in [-0.25, -0.2) is 19.2 Å². The molecule has 0 bridgehead atoms. The second-order valence-electron chi connectivity index (χ2n) is 13.6. The van der Waals surface area contributed by atoms with Gasteiger partial charge in [0.2, 0.25) is 0 Å². The number of rotatable bonds is 12. The van der Waals surface area contributed by atoms with E-state index in [0.717, 1.165) is 22.3 Å². The largest absolute Gasteiger partial charge is 0.508 e. The SMILES string of the molecule is O=C(Nc1ccc(Cc2ccc(NC(=O)Oc3cccc(OC(=O)Nc4ccc(Cc5ccccc5NC(=O)Oc5cccc(O)c5)cc4)c3)cc2)cc1)Oc1cccc(O)c1. The highest BCUT2D eigenvalue weighted by molar-refractivity contribution is 5.89. The molecule has 62 heavy (non-hydrogen) atoms. The van der Waals surface area contributed by atoms with Gasteiger partial charge >= 0.3 is 24.4 Å². The Balaban J connectivity index is 0.843. The molecule has 0 spiro atoms. The highest BCUT2D eigenvalue weighted by Gasteiger charge is 2.13. The van der Waals surface area contributed by atoms with Crippen LogP contribution in [0.3, 0.4) is 0 Å². The van der Waals surface area contributed by atoms with Crippen LogP contribution in [0, 0.1) is 0 Å². The molecule has 7 aromatic carbocycles. The summed E-state index contributed by atoms with van der Waals surface area (Å²) in [5, 5.41) is 29.9. The number of phenols is 2. The number of ether oxygens (including phenoxy) is 4. The summed E-state index contributed by atoms with van der Waals surface area (Å²) < 4.78 is 21.3. The van der Waals surface area contributed by atoms with Crippen LogP contribution in [0.5, 0.6) is 34.5 Å². The average Bonchev–Trinajstić information content (AvgIpc) is 3.24. The lowest BCUT2D eigenvalue weighted by Crippen LogP contribution is -2.18. The Morgan fingerprint density at radius 2 is 0.726 bits per heavy atom. The van der Waals surface area contributed by atoms with Gasteiger partial charge in [-0.05, 0) is 114 Å². The minimum Gasteiger partial charge on any atom is -0.508 e. The number of hydrogen-bond acceptors (Lipinski definition) is 10. The minimum absolute atomic E-state index is 0.00869. The maximum absolute atomic E-state index is 12.7. The molecule has 0 fully saturated rings. The first-order valence-corrected chi connectivity index (χ1v) is 19.1. The van der Waals surface area contributed by atoms with Crippen molar-refractivity contribution < 1.29 is 48.3 Å². The quantitative estimate of drug-likeness (QED) is 0.0690. The summed E-state index contributed by atoms with van der Waals surface area (Å²) >= 11 is 0. The smallest absolute Gasteiger partial charge is 0.417 e. The number of phenolic OH excluding ortho intramolecular Hbond substituents is 2. The van der Waals surface area contributed by atoms with E-state index >= 15 is 0 Å². The predicted molar refractivity (Wildman–Crippen MR) is 233 cm³/mol. The summed E-state index contributed by atoms with van der Waals surface area (Å²) in [7, 11) is 0. The van der Waals surface area contributed by atoms with E-state index in [9.17, 15) is 29.4 Å². The molecule has 14 nitrogen and oxygen atoms in total. The van der Waals surface area contributed by atoms with Gasteiger partial charge in [0.25, 0.3) is 0 Å². The molecule has 7 rings (SSSR count). The van der Waals surface area contributed by atoms with Crippen LogP contribution in [0.2, 0.25) is 0 Å². The zero-order valence-electron chi connectivity index (χ0n) is 32.7. The molecular formula is C48H38N4O10. The van der Waals surface area contributed by atoms with E-state index in [2.05, 4.69) is 21.3 Å². The van der Waals surface area contributed by atoms with E-state index in [1.807, 2.05) is 48.5 Å². The molecule has 0 aliphatic rings. The van der Waals surface area contributed by atoms with Crippen molar-refractivity contribution in [3.8, 4) is 34.5 Å². The van der Waals surface area contributed by atoms with Gasteiger partial charge in [0.15, 0.2) is 0 Å². The van der Waals surface area contributed by atoms with Crippen LogP contribution in [0.15, 0.2) is 170 Å². The molecule has 0 aliphatic carbocycles. The summed E-state index contributed by atoms with van der Waals surface area (Å²) in [5.74, 6) is 0.698. The number of aromatic hydroxyl groups is 2. The second-order valence-corrected chi connectivity index (χ2v) is 13.6. The maximum Gasteiger partial charge on any atom is 0.417 e. The van der Waals surface area contributed by atoms with Gasteiger partial charge in [-0.1, -0.05) is 72.8 Å². The molecule has 0 unspecified atom stereocenters. The highest BCUT2D eigenvalue weighted by atomic mass is 16.6. The highest BCUT2D eigenvalue weighted by Crippen LogP contribution is 2.25.